The highest BCUT2D eigenvalue weighted by molar-refractivity contribution is 7.99. The Hall–Kier alpha value is -3.45. The number of nitrogens with zero attached hydrogens (tertiary/aromatic N) is 2. The fourth-order valence-electron chi connectivity index (χ4n) is 2.96. The van der Waals surface area contributed by atoms with Crippen LogP contribution in [0.3, 0.4) is 0 Å². The number of rotatable bonds is 9. The van der Waals surface area contributed by atoms with Crippen molar-refractivity contribution in [2.75, 3.05) is 39.0 Å². The standard InChI is InChI=1S/C17H22N2S2.2C4H4O4/c1-18-9-11-19(12-10-18)16(17-8-5-13-20-17)14-21-15-6-3-2-4-7-15;2*5-3(6)1-2-4(7)8/h2-8,13,16H,9-12,14H2,1H3;2*1-2H,(H,5,6)(H,7,8)/b;2*2-1-. The molecular formula is C25H30N2O8S2. The molecule has 1 unspecified atom stereocenters. The molecule has 12 heteroatoms. The third-order valence-corrected chi connectivity index (χ3v) is 6.80. The van der Waals surface area contributed by atoms with Gasteiger partial charge in [-0.15, -0.1) is 23.1 Å². The molecule has 0 saturated carbocycles. The summed E-state index contributed by atoms with van der Waals surface area (Å²) in [5, 5.41) is 33.4. The van der Waals surface area contributed by atoms with Gasteiger partial charge in [0.15, 0.2) is 0 Å². The van der Waals surface area contributed by atoms with Crippen molar-refractivity contribution in [3.63, 3.8) is 0 Å². The van der Waals surface area contributed by atoms with Crippen molar-refractivity contribution in [3.8, 4) is 0 Å². The smallest absolute Gasteiger partial charge is 0.328 e. The molecule has 4 N–H and O–H groups in total. The number of carboxylic acids is 4. The maximum Gasteiger partial charge on any atom is 0.328 e. The van der Waals surface area contributed by atoms with Crippen LogP contribution in [-0.4, -0.2) is 93.1 Å². The van der Waals surface area contributed by atoms with Crippen molar-refractivity contribution < 1.29 is 39.6 Å². The predicted molar refractivity (Wildman–Crippen MR) is 142 cm³/mol. The molecule has 37 heavy (non-hydrogen) atoms. The normalized spacial score (nSPS) is 14.7. The minimum Gasteiger partial charge on any atom is -0.478 e. The highest BCUT2D eigenvalue weighted by Crippen LogP contribution is 2.32. The van der Waals surface area contributed by atoms with Crippen molar-refractivity contribution in [2.45, 2.75) is 10.9 Å². The van der Waals surface area contributed by atoms with Gasteiger partial charge in [-0.1, -0.05) is 24.3 Å². The summed E-state index contributed by atoms with van der Waals surface area (Å²) >= 11 is 3.86. The number of likely N-dealkylation sites (N-methyl/N-ethyl adjacent to an activating group) is 1. The van der Waals surface area contributed by atoms with Crippen molar-refractivity contribution in [3.05, 3.63) is 77.0 Å². The van der Waals surface area contributed by atoms with E-state index in [9.17, 15) is 19.2 Å². The van der Waals surface area contributed by atoms with Gasteiger partial charge in [0.25, 0.3) is 0 Å². The van der Waals surface area contributed by atoms with E-state index in [1.165, 1.54) is 36.0 Å². The van der Waals surface area contributed by atoms with Crippen LogP contribution in [0, 0.1) is 0 Å². The molecule has 1 fully saturated rings. The minimum absolute atomic E-state index is 0.545. The molecular weight excluding hydrogens is 520 g/mol. The van der Waals surface area contributed by atoms with E-state index in [1.54, 1.807) is 0 Å². The lowest BCUT2D eigenvalue weighted by Gasteiger charge is -2.37. The summed E-state index contributed by atoms with van der Waals surface area (Å²) in [4.78, 5) is 46.2. The molecule has 2 aromatic rings. The number of carboxylic acid groups (broad SMARTS) is 4. The Morgan fingerprint density at radius 1 is 0.811 bits per heavy atom. The summed E-state index contributed by atoms with van der Waals surface area (Å²) < 4.78 is 0. The highest BCUT2D eigenvalue weighted by Gasteiger charge is 2.24. The number of hydrogen-bond acceptors (Lipinski definition) is 8. The number of hydrogen-bond donors (Lipinski definition) is 4. The van der Waals surface area contributed by atoms with Gasteiger partial charge in [0.2, 0.25) is 0 Å². The van der Waals surface area contributed by atoms with Crippen LogP contribution in [0.2, 0.25) is 0 Å². The van der Waals surface area contributed by atoms with Crippen LogP contribution in [0.15, 0.2) is 77.0 Å². The second-order valence-electron chi connectivity index (χ2n) is 7.51. The summed E-state index contributed by atoms with van der Waals surface area (Å²) in [6, 6.07) is 15.8. The lowest BCUT2D eigenvalue weighted by molar-refractivity contribution is -0.134. The Morgan fingerprint density at radius 3 is 1.70 bits per heavy atom. The summed E-state index contributed by atoms with van der Waals surface area (Å²) in [6.07, 6.45) is 2.23. The second kappa shape index (κ2) is 17.9. The zero-order valence-corrected chi connectivity index (χ0v) is 21.8. The summed E-state index contributed by atoms with van der Waals surface area (Å²) in [5.41, 5.74) is 0. The van der Waals surface area contributed by atoms with Crippen molar-refractivity contribution in [1.82, 2.24) is 9.80 Å². The molecule has 1 aliphatic rings. The molecule has 3 rings (SSSR count). The van der Waals surface area contributed by atoms with E-state index in [1.807, 2.05) is 23.1 Å². The maximum atomic E-state index is 9.55. The van der Waals surface area contributed by atoms with Crippen LogP contribution in [0.5, 0.6) is 0 Å². The van der Waals surface area contributed by atoms with Gasteiger partial charge >= 0.3 is 23.9 Å². The fraction of sp³-hybridized carbons (Fsp3) is 0.280. The molecule has 200 valence electrons. The first kappa shape index (κ1) is 31.6. The summed E-state index contributed by atoms with van der Waals surface area (Å²) in [6.45, 7) is 4.71. The van der Waals surface area contributed by atoms with Crippen LogP contribution in [0.1, 0.15) is 10.9 Å². The topological polar surface area (TPSA) is 156 Å². The average molecular weight is 551 g/mol. The van der Waals surface area contributed by atoms with Gasteiger partial charge in [-0.05, 0) is 30.6 Å². The van der Waals surface area contributed by atoms with Crippen molar-refractivity contribution in [1.29, 1.82) is 0 Å². The van der Waals surface area contributed by atoms with Gasteiger partial charge in [0, 0.05) is 66.0 Å². The molecule has 0 spiro atoms. The van der Waals surface area contributed by atoms with E-state index >= 15 is 0 Å². The fourth-order valence-corrected chi connectivity index (χ4v) is 5.02. The average Bonchev–Trinajstić information content (AvgIpc) is 3.39. The Morgan fingerprint density at radius 2 is 1.30 bits per heavy atom. The lowest BCUT2D eigenvalue weighted by atomic mass is 10.2. The molecule has 1 aliphatic heterocycles. The molecule has 2 heterocycles. The molecule has 0 radical (unpaired) electrons. The van der Waals surface area contributed by atoms with Gasteiger partial charge in [0.1, 0.15) is 0 Å². The maximum absolute atomic E-state index is 9.55. The molecule has 1 aromatic heterocycles. The van der Waals surface area contributed by atoms with E-state index in [0.717, 1.165) is 5.75 Å². The zero-order chi connectivity index (χ0) is 27.6. The van der Waals surface area contributed by atoms with E-state index in [4.69, 9.17) is 20.4 Å². The monoisotopic (exact) mass is 550 g/mol. The first-order chi connectivity index (χ1) is 17.6. The summed E-state index contributed by atoms with van der Waals surface area (Å²) in [7, 11) is 2.22. The van der Waals surface area contributed by atoms with Crippen LogP contribution >= 0.6 is 23.1 Å². The predicted octanol–water partition coefficient (Wildman–Crippen LogP) is 3.25. The molecule has 0 amide bonds. The molecule has 10 nitrogen and oxygen atoms in total. The quantitative estimate of drug-likeness (QED) is 0.268. The van der Waals surface area contributed by atoms with Crippen LogP contribution in [-0.2, 0) is 19.2 Å². The largest absolute Gasteiger partial charge is 0.478 e. The van der Waals surface area contributed by atoms with E-state index in [-0.39, 0.29) is 0 Å². The van der Waals surface area contributed by atoms with Crippen molar-refractivity contribution >= 4 is 47.0 Å². The molecule has 0 bridgehead atoms. The van der Waals surface area contributed by atoms with Gasteiger partial charge < -0.3 is 25.3 Å². The van der Waals surface area contributed by atoms with Crippen molar-refractivity contribution in [2.24, 2.45) is 0 Å². The SMILES string of the molecule is CN1CCN(C(CSc2ccccc2)c2cccs2)CC1.O=C(O)/C=C\C(=O)O.O=C(O)/C=C\C(=O)O. The molecule has 0 aliphatic carbocycles. The lowest BCUT2D eigenvalue weighted by Crippen LogP contribution is -2.46. The number of piperazine rings is 1. The van der Waals surface area contributed by atoms with E-state index < -0.39 is 23.9 Å². The Bertz CT molecular complexity index is 968. The third kappa shape index (κ3) is 15.3. The van der Waals surface area contributed by atoms with Gasteiger partial charge in [-0.25, -0.2) is 19.2 Å². The molecule has 1 aromatic carbocycles. The molecule has 1 atom stereocenters. The van der Waals surface area contributed by atoms with Crippen LogP contribution in [0.25, 0.3) is 0 Å². The van der Waals surface area contributed by atoms with Crippen LogP contribution < -0.4 is 0 Å². The first-order valence-electron chi connectivity index (χ1n) is 11.0. The number of thioether (sulfide) groups is 1. The Balaban J connectivity index is 0.000000355. The Labute approximate surface area is 223 Å². The number of benzene rings is 1. The third-order valence-electron chi connectivity index (χ3n) is 4.74. The molecule has 1 saturated heterocycles. The second-order valence-corrected chi connectivity index (χ2v) is 9.59. The van der Waals surface area contributed by atoms with Gasteiger partial charge in [-0.3, -0.25) is 4.90 Å². The van der Waals surface area contributed by atoms with E-state index in [0.29, 0.717) is 30.3 Å². The number of carbonyl (C=O) groups is 4. The van der Waals surface area contributed by atoms with Crippen LogP contribution in [0.4, 0.5) is 0 Å². The van der Waals surface area contributed by atoms with E-state index in [2.05, 4.69) is 64.7 Å². The highest BCUT2D eigenvalue weighted by atomic mass is 32.2. The summed E-state index contributed by atoms with van der Waals surface area (Å²) in [5.74, 6) is -3.89. The minimum atomic E-state index is -1.26. The zero-order valence-electron chi connectivity index (χ0n) is 20.2. The first-order valence-corrected chi connectivity index (χ1v) is 12.9. The number of aliphatic carboxylic acids is 4. The van der Waals surface area contributed by atoms with Gasteiger partial charge in [-0.2, -0.15) is 0 Å². The Kier molecular flexibility index (Phi) is 15.3. The number of thiophene rings is 1. The van der Waals surface area contributed by atoms with Gasteiger partial charge in [0.05, 0.1) is 6.04 Å².